The molecule has 0 radical (unpaired) electrons. The van der Waals surface area contributed by atoms with Gasteiger partial charge < -0.3 is 10.1 Å². The van der Waals surface area contributed by atoms with Crippen molar-refractivity contribution in [2.24, 2.45) is 5.92 Å². The van der Waals surface area contributed by atoms with Gasteiger partial charge >= 0.3 is 5.97 Å². The first-order valence-corrected chi connectivity index (χ1v) is 7.38. The van der Waals surface area contributed by atoms with Crippen molar-refractivity contribution in [3.8, 4) is 0 Å². The molecule has 0 atom stereocenters. The maximum Gasteiger partial charge on any atom is 0.344 e. The Kier molecular flexibility index (Phi) is 5.46. The SMILES string of the molecule is CC1CCC(NC(=O)COC(=O)c2c(F)cccc2F)CC1. The molecule has 0 heterocycles. The summed E-state index contributed by atoms with van der Waals surface area (Å²) in [6, 6.07) is 3.15. The van der Waals surface area contributed by atoms with Crippen LogP contribution >= 0.6 is 0 Å². The van der Waals surface area contributed by atoms with Gasteiger partial charge in [-0.2, -0.15) is 0 Å². The van der Waals surface area contributed by atoms with Crippen LogP contribution in [0.5, 0.6) is 0 Å². The highest BCUT2D eigenvalue weighted by Gasteiger charge is 2.22. The molecule has 1 aliphatic carbocycles. The van der Waals surface area contributed by atoms with Crippen LogP contribution in [0, 0.1) is 17.6 Å². The Morgan fingerprint density at radius 3 is 2.36 bits per heavy atom. The summed E-state index contributed by atoms with van der Waals surface area (Å²) in [5, 5.41) is 2.77. The van der Waals surface area contributed by atoms with Gasteiger partial charge in [0.2, 0.25) is 0 Å². The van der Waals surface area contributed by atoms with Gasteiger partial charge in [-0.25, -0.2) is 13.6 Å². The number of carbonyl (C=O) groups is 2. The standard InChI is InChI=1S/C16H19F2NO3/c1-10-5-7-11(8-6-10)19-14(20)9-22-16(21)15-12(17)3-2-4-13(15)18/h2-4,10-11H,5-9H2,1H3,(H,19,20). The first-order chi connectivity index (χ1) is 10.5. The number of hydrogen-bond donors (Lipinski definition) is 1. The van der Waals surface area contributed by atoms with E-state index in [0.29, 0.717) is 5.92 Å². The van der Waals surface area contributed by atoms with Crippen molar-refractivity contribution < 1.29 is 23.1 Å². The molecule has 4 nitrogen and oxygen atoms in total. The lowest BCUT2D eigenvalue weighted by atomic mass is 9.87. The molecule has 1 N–H and O–H groups in total. The number of hydrogen-bond acceptors (Lipinski definition) is 3. The van der Waals surface area contributed by atoms with Crippen molar-refractivity contribution >= 4 is 11.9 Å². The normalized spacial score (nSPS) is 21.2. The second-order valence-electron chi connectivity index (χ2n) is 5.70. The molecule has 0 bridgehead atoms. The van der Waals surface area contributed by atoms with E-state index >= 15 is 0 Å². The van der Waals surface area contributed by atoms with Crippen LogP contribution in [0.3, 0.4) is 0 Å². The van der Waals surface area contributed by atoms with Crippen molar-refractivity contribution in [2.75, 3.05) is 6.61 Å². The van der Waals surface area contributed by atoms with Crippen LogP contribution in [0.4, 0.5) is 8.78 Å². The van der Waals surface area contributed by atoms with E-state index in [0.717, 1.165) is 43.9 Å². The Morgan fingerprint density at radius 1 is 1.18 bits per heavy atom. The first kappa shape index (κ1) is 16.4. The molecule has 0 unspecified atom stereocenters. The fraction of sp³-hybridized carbons (Fsp3) is 0.500. The number of amides is 1. The third kappa shape index (κ3) is 4.26. The Balaban J connectivity index is 1.82. The van der Waals surface area contributed by atoms with E-state index in [2.05, 4.69) is 17.0 Å². The van der Waals surface area contributed by atoms with Gasteiger partial charge in [-0.3, -0.25) is 4.79 Å². The molecular formula is C16H19F2NO3. The molecule has 6 heteroatoms. The van der Waals surface area contributed by atoms with E-state index in [9.17, 15) is 18.4 Å². The lowest BCUT2D eigenvalue weighted by Crippen LogP contribution is -2.39. The summed E-state index contributed by atoms with van der Waals surface area (Å²) in [7, 11) is 0. The van der Waals surface area contributed by atoms with E-state index in [1.165, 1.54) is 0 Å². The summed E-state index contributed by atoms with van der Waals surface area (Å²) in [6.07, 6.45) is 3.88. The Morgan fingerprint density at radius 2 is 1.77 bits per heavy atom. The average Bonchev–Trinajstić information content (AvgIpc) is 2.47. The van der Waals surface area contributed by atoms with Crippen LogP contribution < -0.4 is 5.32 Å². The molecule has 1 fully saturated rings. The fourth-order valence-electron chi connectivity index (χ4n) is 2.57. The lowest BCUT2D eigenvalue weighted by molar-refractivity contribution is -0.125. The van der Waals surface area contributed by atoms with Gasteiger partial charge in [-0.05, 0) is 43.7 Å². The van der Waals surface area contributed by atoms with Gasteiger partial charge in [-0.15, -0.1) is 0 Å². The molecule has 22 heavy (non-hydrogen) atoms. The van der Waals surface area contributed by atoms with Gasteiger partial charge in [0, 0.05) is 6.04 Å². The predicted molar refractivity (Wildman–Crippen MR) is 76.2 cm³/mol. The number of ether oxygens (including phenoxy) is 1. The van der Waals surface area contributed by atoms with Crippen molar-refractivity contribution in [3.05, 3.63) is 35.4 Å². The minimum atomic E-state index is -1.18. The van der Waals surface area contributed by atoms with Gasteiger partial charge in [0.25, 0.3) is 5.91 Å². The maximum absolute atomic E-state index is 13.4. The summed E-state index contributed by atoms with van der Waals surface area (Å²) in [5.41, 5.74) is -0.776. The molecule has 1 aliphatic rings. The number of halogens is 2. The predicted octanol–water partition coefficient (Wildman–Crippen LogP) is 2.82. The van der Waals surface area contributed by atoms with Crippen LogP contribution in [0.25, 0.3) is 0 Å². The van der Waals surface area contributed by atoms with Crippen LogP contribution in [0.15, 0.2) is 18.2 Å². The van der Waals surface area contributed by atoms with Gasteiger partial charge in [-0.1, -0.05) is 13.0 Å². The summed E-state index contributed by atoms with van der Waals surface area (Å²) >= 11 is 0. The van der Waals surface area contributed by atoms with Gasteiger partial charge in [0.05, 0.1) is 0 Å². The Hall–Kier alpha value is -1.98. The van der Waals surface area contributed by atoms with Crippen LogP contribution in [-0.2, 0) is 9.53 Å². The van der Waals surface area contributed by atoms with Crippen LogP contribution in [-0.4, -0.2) is 24.5 Å². The second kappa shape index (κ2) is 7.33. The first-order valence-electron chi connectivity index (χ1n) is 7.38. The van der Waals surface area contributed by atoms with Crippen molar-refractivity contribution in [1.29, 1.82) is 0 Å². The molecule has 0 aromatic heterocycles. The summed E-state index contributed by atoms with van der Waals surface area (Å²) in [6.45, 7) is 1.63. The van der Waals surface area contributed by atoms with Gasteiger partial charge in [0.1, 0.15) is 17.2 Å². The molecule has 0 aliphatic heterocycles. The number of rotatable bonds is 4. The van der Waals surface area contributed by atoms with E-state index in [4.69, 9.17) is 0 Å². The highest BCUT2D eigenvalue weighted by Crippen LogP contribution is 2.23. The smallest absolute Gasteiger partial charge is 0.344 e. The molecule has 1 amide bonds. The average molecular weight is 311 g/mol. The minimum Gasteiger partial charge on any atom is -0.452 e. The van der Waals surface area contributed by atoms with E-state index in [1.54, 1.807) is 0 Å². The van der Waals surface area contributed by atoms with Crippen LogP contribution in [0.2, 0.25) is 0 Å². The molecule has 1 aromatic carbocycles. The van der Waals surface area contributed by atoms with E-state index < -0.39 is 35.7 Å². The van der Waals surface area contributed by atoms with Crippen LogP contribution in [0.1, 0.15) is 43.0 Å². The zero-order valence-electron chi connectivity index (χ0n) is 12.4. The minimum absolute atomic E-state index is 0.0765. The largest absolute Gasteiger partial charge is 0.452 e. The Labute approximate surface area is 127 Å². The maximum atomic E-state index is 13.4. The zero-order chi connectivity index (χ0) is 16.1. The third-order valence-corrected chi connectivity index (χ3v) is 3.88. The van der Waals surface area contributed by atoms with E-state index in [-0.39, 0.29) is 6.04 Å². The number of carbonyl (C=O) groups excluding carboxylic acids is 2. The topological polar surface area (TPSA) is 55.4 Å². The number of esters is 1. The Bertz CT molecular complexity index is 534. The van der Waals surface area contributed by atoms with E-state index in [1.807, 2.05) is 0 Å². The lowest BCUT2D eigenvalue weighted by Gasteiger charge is -2.26. The van der Waals surface area contributed by atoms with Crippen molar-refractivity contribution in [2.45, 2.75) is 38.6 Å². The zero-order valence-corrected chi connectivity index (χ0v) is 12.4. The third-order valence-electron chi connectivity index (χ3n) is 3.88. The highest BCUT2D eigenvalue weighted by molar-refractivity contribution is 5.91. The summed E-state index contributed by atoms with van der Waals surface area (Å²) in [5.74, 6) is -2.99. The number of nitrogens with one attached hydrogen (secondary N) is 1. The molecule has 120 valence electrons. The molecule has 1 saturated carbocycles. The monoisotopic (exact) mass is 311 g/mol. The quantitative estimate of drug-likeness (QED) is 0.870. The molecule has 0 spiro atoms. The highest BCUT2D eigenvalue weighted by atomic mass is 19.1. The number of benzene rings is 1. The second-order valence-corrected chi connectivity index (χ2v) is 5.70. The fourth-order valence-corrected chi connectivity index (χ4v) is 2.57. The summed E-state index contributed by atoms with van der Waals surface area (Å²) < 4.78 is 31.5. The van der Waals surface area contributed by atoms with Gasteiger partial charge in [0.15, 0.2) is 6.61 Å². The molecular weight excluding hydrogens is 292 g/mol. The molecule has 1 aromatic rings. The van der Waals surface area contributed by atoms with Crippen molar-refractivity contribution in [1.82, 2.24) is 5.32 Å². The summed E-state index contributed by atoms with van der Waals surface area (Å²) in [4.78, 5) is 23.4. The molecule has 2 rings (SSSR count). The van der Waals surface area contributed by atoms with Crippen molar-refractivity contribution in [3.63, 3.8) is 0 Å². The molecule has 0 saturated heterocycles.